The zero-order valence-electron chi connectivity index (χ0n) is 14.5. The number of nitrogens with zero attached hydrogens (tertiary/aromatic N) is 1. The van der Waals surface area contributed by atoms with E-state index < -0.39 is 0 Å². The summed E-state index contributed by atoms with van der Waals surface area (Å²) in [5.41, 5.74) is 1.30. The van der Waals surface area contributed by atoms with Crippen LogP contribution < -0.4 is 0 Å². The quantitative estimate of drug-likeness (QED) is 0.427. The van der Waals surface area contributed by atoms with Crippen LogP contribution in [0, 0.1) is 0 Å². The van der Waals surface area contributed by atoms with E-state index in [1.54, 1.807) is 0 Å². The van der Waals surface area contributed by atoms with Crippen LogP contribution in [0.15, 0.2) is 12.2 Å². The molecule has 0 aromatic carbocycles. The standard InChI is InChI=1S/C19H35NO2/c1-17(2)12-9-7-5-3-4-6-8-10-14-19(22)20-15-11-13-18(20)16-21/h18,21H,1,3-16H2,2H3. The molecule has 1 amide bonds. The molecule has 1 rings (SSSR count). The fourth-order valence-electron chi connectivity index (χ4n) is 3.26. The summed E-state index contributed by atoms with van der Waals surface area (Å²) in [6.45, 7) is 7.00. The average Bonchev–Trinajstić information content (AvgIpc) is 2.97. The highest BCUT2D eigenvalue weighted by molar-refractivity contribution is 5.76. The van der Waals surface area contributed by atoms with Gasteiger partial charge in [0.2, 0.25) is 5.91 Å². The number of unbranched alkanes of at least 4 members (excludes halogenated alkanes) is 7. The van der Waals surface area contributed by atoms with Gasteiger partial charge in [-0.1, -0.05) is 44.1 Å². The van der Waals surface area contributed by atoms with Gasteiger partial charge in [0.25, 0.3) is 0 Å². The van der Waals surface area contributed by atoms with Crippen LogP contribution in [-0.4, -0.2) is 35.1 Å². The third-order valence-corrected chi connectivity index (χ3v) is 4.65. The summed E-state index contributed by atoms with van der Waals surface area (Å²) in [5.74, 6) is 0.247. The molecule has 3 nitrogen and oxygen atoms in total. The predicted molar refractivity (Wildman–Crippen MR) is 92.8 cm³/mol. The van der Waals surface area contributed by atoms with Crippen molar-refractivity contribution < 1.29 is 9.90 Å². The molecule has 0 saturated carbocycles. The molecule has 1 fully saturated rings. The van der Waals surface area contributed by atoms with Crippen molar-refractivity contribution in [1.29, 1.82) is 0 Å². The Bertz CT molecular complexity index is 327. The van der Waals surface area contributed by atoms with Crippen LogP contribution in [0.25, 0.3) is 0 Å². The maximum atomic E-state index is 12.1. The Labute approximate surface area is 136 Å². The first-order valence-corrected chi connectivity index (χ1v) is 9.20. The van der Waals surface area contributed by atoms with Crippen molar-refractivity contribution in [2.75, 3.05) is 13.2 Å². The highest BCUT2D eigenvalue weighted by Crippen LogP contribution is 2.19. The molecule has 1 heterocycles. The largest absolute Gasteiger partial charge is 0.394 e. The van der Waals surface area contributed by atoms with Crippen molar-refractivity contribution in [3.63, 3.8) is 0 Å². The number of hydrogen-bond donors (Lipinski definition) is 1. The number of aliphatic hydroxyl groups excluding tert-OH is 1. The molecule has 0 bridgehead atoms. The first-order valence-electron chi connectivity index (χ1n) is 9.20. The molecule has 1 unspecified atom stereocenters. The van der Waals surface area contributed by atoms with E-state index in [2.05, 4.69) is 13.5 Å². The third-order valence-electron chi connectivity index (χ3n) is 4.65. The molecule has 0 aliphatic carbocycles. The number of likely N-dealkylation sites (tertiary alicyclic amines) is 1. The molecular weight excluding hydrogens is 274 g/mol. The van der Waals surface area contributed by atoms with E-state index in [9.17, 15) is 9.90 Å². The van der Waals surface area contributed by atoms with Crippen LogP contribution >= 0.6 is 0 Å². The van der Waals surface area contributed by atoms with Gasteiger partial charge in [0.05, 0.1) is 12.6 Å². The fraction of sp³-hybridized carbons (Fsp3) is 0.842. The zero-order chi connectivity index (χ0) is 16.2. The van der Waals surface area contributed by atoms with E-state index in [0.29, 0.717) is 6.42 Å². The lowest BCUT2D eigenvalue weighted by molar-refractivity contribution is -0.132. The van der Waals surface area contributed by atoms with Crippen LogP contribution in [0.3, 0.4) is 0 Å². The summed E-state index contributed by atoms with van der Waals surface area (Å²) in [6.07, 6.45) is 13.8. The van der Waals surface area contributed by atoms with Crippen molar-refractivity contribution in [2.45, 2.75) is 90.0 Å². The molecule has 0 spiro atoms. The molecule has 0 aromatic rings. The third kappa shape index (κ3) is 7.98. The summed E-state index contributed by atoms with van der Waals surface area (Å²) >= 11 is 0. The average molecular weight is 309 g/mol. The Hall–Kier alpha value is -0.830. The first kappa shape index (κ1) is 19.2. The molecule has 3 heteroatoms. The van der Waals surface area contributed by atoms with Gasteiger partial charge in [-0.15, -0.1) is 6.58 Å². The van der Waals surface area contributed by atoms with Crippen molar-refractivity contribution in [3.8, 4) is 0 Å². The molecule has 1 aliphatic heterocycles. The van der Waals surface area contributed by atoms with Crippen LogP contribution in [0.2, 0.25) is 0 Å². The van der Waals surface area contributed by atoms with Crippen LogP contribution in [0.5, 0.6) is 0 Å². The molecule has 0 aromatic heterocycles. The number of amides is 1. The highest BCUT2D eigenvalue weighted by Gasteiger charge is 2.27. The molecule has 22 heavy (non-hydrogen) atoms. The number of aliphatic hydroxyl groups is 1. The second-order valence-corrected chi connectivity index (χ2v) is 6.85. The van der Waals surface area contributed by atoms with Gasteiger partial charge in [0, 0.05) is 13.0 Å². The minimum atomic E-state index is 0.0895. The van der Waals surface area contributed by atoms with Gasteiger partial charge >= 0.3 is 0 Å². The van der Waals surface area contributed by atoms with Crippen molar-refractivity contribution in [3.05, 3.63) is 12.2 Å². The minimum Gasteiger partial charge on any atom is -0.394 e. The first-order chi connectivity index (χ1) is 10.6. The number of allylic oxidation sites excluding steroid dienone is 1. The zero-order valence-corrected chi connectivity index (χ0v) is 14.5. The summed E-state index contributed by atoms with van der Waals surface area (Å²) in [4.78, 5) is 14.0. The summed E-state index contributed by atoms with van der Waals surface area (Å²) in [5, 5.41) is 9.25. The maximum Gasteiger partial charge on any atom is 0.222 e. The van der Waals surface area contributed by atoms with Crippen molar-refractivity contribution >= 4 is 5.91 Å². The lowest BCUT2D eigenvalue weighted by atomic mass is 10.0. The van der Waals surface area contributed by atoms with Crippen LogP contribution in [0.1, 0.15) is 84.0 Å². The van der Waals surface area contributed by atoms with Gasteiger partial charge in [-0.25, -0.2) is 0 Å². The van der Waals surface area contributed by atoms with Crippen molar-refractivity contribution in [2.24, 2.45) is 0 Å². The minimum absolute atomic E-state index is 0.0895. The monoisotopic (exact) mass is 309 g/mol. The van der Waals surface area contributed by atoms with Gasteiger partial charge in [0.1, 0.15) is 0 Å². The maximum absolute atomic E-state index is 12.1. The van der Waals surface area contributed by atoms with E-state index in [0.717, 1.165) is 32.2 Å². The molecule has 1 aliphatic rings. The Morgan fingerprint density at radius 3 is 2.14 bits per heavy atom. The smallest absolute Gasteiger partial charge is 0.222 e. The topological polar surface area (TPSA) is 40.5 Å². The number of rotatable bonds is 12. The van der Waals surface area contributed by atoms with E-state index in [1.807, 2.05) is 4.90 Å². The Morgan fingerprint density at radius 1 is 1.05 bits per heavy atom. The Morgan fingerprint density at radius 2 is 1.59 bits per heavy atom. The van der Waals surface area contributed by atoms with Crippen molar-refractivity contribution in [1.82, 2.24) is 4.90 Å². The SMILES string of the molecule is C=C(C)CCCCCCCCCCC(=O)N1CCCC1CO. The number of carbonyl (C=O) groups excluding carboxylic acids is 1. The van der Waals surface area contributed by atoms with Gasteiger partial charge in [-0.2, -0.15) is 0 Å². The van der Waals surface area contributed by atoms with E-state index in [1.165, 1.54) is 50.5 Å². The number of carbonyl (C=O) groups is 1. The molecule has 0 radical (unpaired) electrons. The Balaban J connectivity index is 1.91. The fourth-order valence-corrected chi connectivity index (χ4v) is 3.26. The predicted octanol–water partition coefficient (Wildman–Crippen LogP) is 4.45. The lowest BCUT2D eigenvalue weighted by Crippen LogP contribution is -2.37. The van der Waals surface area contributed by atoms with E-state index >= 15 is 0 Å². The molecule has 128 valence electrons. The van der Waals surface area contributed by atoms with E-state index in [4.69, 9.17) is 0 Å². The number of hydrogen-bond acceptors (Lipinski definition) is 2. The van der Waals surface area contributed by atoms with Gasteiger partial charge < -0.3 is 10.0 Å². The highest BCUT2D eigenvalue weighted by atomic mass is 16.3. The molecule has 1 N–H and O–H groups in total. The van der Waals surface area contributed by atoms with Gasteiger partial charge in [-0.3, -0.25) is 4.79 Å². The van der Waals surface area contributed by atoms with Gasteiger partial charge in [-0.05, 0) is 39.0 Å². The summed E-state index contributed by atoms with van der Waals surface area (Å²) in [7, 11) is 0. The van der Waals surface area contributed by atoms with E-state index in [-0.39, 0.29) is 18.6 Å². The summed E-state index contributed by atoms with van der Waals surface area (Å²) < 4.78 is 0. The van der Waals surface area contributed by atoms with Crippen LogP contribution in [-0.2, 0) is 4.79 Å². The lowest BCUT2D eigenvalue weighted by Gasteiger charge is -2.22. The normalized spacial score (nSPS) is 17.9. The summed E-state index contributed by atoms with van der Waals surface area (Å²) in [6, 6.07) is 0.0895. The molecule has 1 atom stereocenters. The molecular formula is C19H35NO2. The molecule has 1 saturated heterocycles. The second kappa shape index (κ2) is 11.7. The van der Waals surface area contributed by atoms with Crippen LogP contribution in [0.4, 0.5) is 0 Å². The Kier molecular flexibility index (Phi) is 10.2. The second-order valence-electron chi connectivity index (χ2n) is 6.85. The van der Waals surface area contributed by atoms with Gasteiger partial charge in [0.15, 0.2) is 0 Å².